The summed E-state index contributed by atoms with van der Waals surface area (Å²) >= 11 is 1.55. The maximum absolute atomic E-state index is 10.5. The summed E-state index contributed by atoms with van der Waals surface area (Å²) in [4.78, 5) is 11.5. The van der Waals surface area contributed by atoms with Crippen LogP contribution < -0.4 is 11.5 Å². The van der Waals surface area contributed by atoms with Gasteiger partial charge >= 0.3 is 0 Å². The van der Waals surface area contributed by atoms with Gasteiger partial charge in [-0.1, -0.05) is 12.1 Å². The Hall–Kier alpha value is -1.16. The standard InChI is InChI=1S/C9H12N2OS/c10-7-3-1-2-4-8(7)13-6-5-9(11)12/h1-4H,5-6,10H2,(H2,11,12). The minimum absolute atomic E-state index is 0.276. The summed E-state index contributed by atoms with van der Waals surface area (Å²) in [5, 5.41) is 0. The van der Waals surface area contributed by atoms with Gasteiger partial charge in [0, 0.05) is 22.8 Å². The van der Waals surface area contributed by atoms with Crippen LogP contribution in [0.25, 0.3) is 0 Å². The Morgan fingerprint density at radius 2 is 2.08 bits per heavy atom. The lowest BCUT2D eigenvalue weighted by atomic mass is 10.3. The molecule has 0 aromatic heterocycles. The Labute approximate surface area is 81.5 Å². The molecule has 0 saturated carbocycles. The monoisotopic (exact) mass is 196 g/mol. The highest BCUT2D eigenvalue weighted by atomic mass is 32.2. The van der Waals surface area contributed by atoms with Crippen LogP contribution in [-0.2, 0) is 4.79 Å². The maximum Gasteiger partial charge on any atom is 0.218 e. The van der Waals surface area contributed by atoms with Crippen LogP contribution in [0.1, 0.15) is 6.42 Å². The summed E-state index contributed by atoms with van der Waals surface area (Å²) < 4.78 is 0. The molecule has 0 radical (unpaired) electrons. The highest BCUT2D eigenvalue weighted by Gasteiger charge is 1.99. The van der Waals surface area contributed by atoms with Crippen LogP contribution in [0.5, 0.6) is 0 Å². The first kappa shape index (κ1) is 9.92. The van der Waals surface area contributed by atoms with Crippen molar-refractivity contribution in [3.8, 4) is 0 Å². The fourth-order valence-corrected chi connectivity index (χ4v) is 1.81. The number of carbonyl (C=O) groups excluding carboxylic acids is 1. The zero-order valence-corrected chi connectivity index (χ0v) is 8.01. The van der Waals surface area contributed by atoms with Crippen LogP contribution in [-0.4, -0.2) is 11.7 Å². The highest BCUT2D eigenvalue weighted by Crippen LogP contribution is 2.24. The average Bonchev–Trinajstić information content (AvgIpc) is 2.08. The normalized spacial score (nSPS) is 9.85. The molecule has 1 rings (SSSR count). The number of amides is 1. The first-order chi connectivity index (χ1) is 6.20. The molecule has 3 nitrogen and oxygen atoms in total. The van der Waals surface area contributed by atoms with Crippen molar-refractivity contribution in [3.05, 3.63) is 24.3 Å². The van der Waals surface area contributed by atoms with Crippen LogP contribution in [0, 0.1) is 0 Å². The minimum Gasteiger partial charge on any atom is -0.398 e. The molecule has 1 aromatic carbocycles. The summed E-state index contributed by atoms with van der Waals surface area (Å²) in [6.07, 6.45) is 0.388. The van der Waals surface area contributed by atoms with Crippen molar-refractivity contribution >= 4 is 23.4 Å². The van der Waals surface area contributed by atoms with E-state index in [0.29, 0.717) is 12.2 Å². The molecule has 13 heavy (non-hydrogen) atoms. The van der Waals surface area contributed by atoms with Crippen molar-refractivity contribution in [2.45, 2.75) is 11.3 Å². The van der Waals surface area contributed by atoms with E-state index in [-0.39, 0.29) is 5.91 Å². The van der Waals surface area contributed by atoms with Gasteiger partial charge in [0.2, 0.25) is 5.91 Å². The zero-order chi connectivity index (χ0) is 9.68. The van der Waals surface area contributed by atoms with Gasteiger partial charge in [-0.3, -0.25) is 4.79 Å². The fraction of sp³-hybridized carbons (Fsp3) is 0.222. The molecule has 0 heterocycles. The van der Waals surface area contributed by atoms with Crippen molar-refractivity contribution in [2.24, 2.45) is 5.73 Å². The van der Waals surface area contributed by atoms with Gasteiger partial charge in [-0.25, -0.2) is 0 Å². The second-order valence-corrected chi connectivity index (χ2v) is 3.74. The highest BCUT2D eigenvalue weighted by molar-refractivity contribution is 7.99. The Bertz CT molecular complexity index is 301. The van der Waals surface area contributed by atoms with Gasteiger partial charge in [-0.2, -0.15) is 0 Å². The second kappa shape index (κ2) is 4.77. The number of hydrogen-bond donors (Lipinski definition) is 2. The minimum atomic E-state index is -0.276. The third-order valence-corrected chi connectivity index (χ3v) is 2.62. The zero-order valence-electron chi connectivity index (χ0n) is 7.19. The summed E-state index contributed by atoms with van der Waals surface area (Å²) in [7, 11) is 0. The Kier molecular flexibility index (Phi) is 3.64. The van der Waals surface area contributed by atoms with E-state index in [4.69, 9.17) is 11.5 Å². The molecule has 0 aliphatic heterocycles. The van der Waals surface area contributed by atoms with Gasteiger partial charge < -0.3 is 11.5 Å². The lowest BCUT2D eigenvalue weighted by molar-refractivity contribution is -0.117. The molecule has 1 aromatic rings. The van der Waals surface area contributed by atoms with E-state index in [1.165, 1.54) is 0 Å². The maximum atomic E-state index is 10.5. The van der Waals surface area contributed by atoms with E-state index >= 15 is 0 Å². The van der Waals surface area contributed by atoms with Crippen LogP contribution in [0.3, 0.4) is 0 Å². The van der Waals surface area contributed by atoms with Crippen LogP contribution in [0.4, 0.5) is 5.69 Å². The lowest BCUT2D eigenvalue weighted by Gasteiger charge is -2.02. The molecule has 1 amide bonds. The third kappa shape index (κ3) is 3.38. The van der Waals surface area contributed by atoms with Crippen molar-refractivity contribution < 1.29 is 4.79 Å². The van der Waals surface area contributed by atoms with E-state index in [1.54, 1.807) is 11.8 Å². The number of rotatable bonds is 4. The fourth-order valence-electron chi connectivity index (χ4n) is 0.874. The van der Waals surface area contributed by atoms with Crippen molar-refractivity contribution in [2.75, 3.05) is 11.5 Å². The summed E-state index contributed by atoms with van der Waals surface area (Å²) in [5.41, 5.74) is 11.5. The van der Waals surface area contributed by atoms with Crippen molar-refractivity contribution in [1.29, 1.82) is 0 Å². The van der Waals surface area contributed by atoms with Crippen LogP contribution in [0.15, 0.2) is 29.2 Å². The topological polar surface area (TPSA) is 69.1 Å². The molecule has 0 fully saturated rings. The number of benzene rings is 1. The number of para-hydroxylation sites is 1. The molecule has 0 atom stereocenters. The quantitative estimate of drug-likeness (QED) is 0.562. The molecular weight excluding hydrogens is 184 g/mol. The number of primary amides is 1. The third-order valence-electron chi connectivity index (χ3n) is 1.53. The molecule has 4 heteroatoms. The number of hydrogen-bond acceptors (Lipinski definition) is 3. The van der Waals surface area contributed by atoms with Gasteiger partial charge in [0.25, 0.3) is 0 Å². The van der Waals surface area contributed by atoms with Gasteiger partial charge in [-0.05, 0) is 12.1 Å². The summed E-state index contributed by atoms with van der Waals surface area (Å²) in [6.45, 7) is 0. The molecule has 0 aliphatic rings. The van der Waals surface area contributed by atoms with Crippen LogP contribution in [0.2, 0.25) is 0 Å². The SMILES string of the molecule is NC(=O)CCSc1ccccc1N. The van der Waals surface area contributed by atoms with Crippen molar-refractivity contribution in [1.82, 2.24) is 0 Å². The Morgan fingerprint density at radius 3 is 2.69 bits per heavy atom. The average molecular weight is 196 g/mol. The van der Waals surface area contributed by atoms with Gasteiger partial charge in [0.05, 0.1) is 0 Å². The number of nitrogen functional groups attached to an aromatic ring is 1. The second-order valence-electron chi connectivity index (χ2n) is 2.60. The summed E-state index contributed by atoms with van der Waals surface area (Å²) in [5.74, 6) is 0.408. The first-order valence-corrected chi connectivity index (χ1v) is 4.94. The molecule has 4 N–H and O–H groups in total. The molecule has 0 saturated heterocycles. The molecular formula is C9H12N2OS. The Morgan fingerprint density at radius 1 is 1.38 bits per heavy atom. The number of nitrogens with two attached hydrogens (primary N) is 2. The van der Waals surface area contributed by atoms with Gasteiger partial charge in [-0.15, -0.1) is 11.8 Å². The predicted molar refractivity (Wildman–Crippen MR) is 55.4 cm³/mol. The molecule has 0 unspecified atom stereocenters. The number of carbonyl (C=O) groups is 1. The molecule has 0 bridgehead atoms. The van der Waals surface area contributed by atoms with E-state index in [1.807, 2.05) is 24.3 Å². The molecule has 0 aliphatic carbocycles. The van der Waals surface area contributed by atoms with E-state index in [9.17, 15) is 4.79 Å². The smallest absolute Gasteiger partial charge is 0.218 e. The molecule has 70 valence electrons. The van der Waals surface area contributed by atoms with Gasteiger partial charge in [0.1, 0.15) is 0 Å². The predicted octanol–water partition coefficient (Wildman–Crippen LogP) is 1.24. The van der Waals surface area contributed by atoms with Crippen molar-refractivity contribution in [3.63, 3.8) is 0 Å². The van der Waals surface area contributed by atoms with Gasteiger partial charge in [0.15, 0.2) is 0 Å². The van der Waals surface area contributed by atoms with E-state index < -0.39 is 0 Å². The van der Waals surface area contributed by atoms with E-state index in [0.717, 1.165) is 10.6 Å². The number of anilines is 1. The lowest BCUT2D eigenvalue weighted by Crippen LogP contribution is -2.10. The van der Waals surface area contributed by atoms with E-state index in [2.05, 4.69) is 0 Å². The first-order valence-electron chi connectivity index (χ1n) is 3.96. The summed E-state index contributed by atoms with van der Waals surface area (Å²) in [6, 6.07) is 7.57. The largest absolute Gasteiger partial charge is 0.398 e. The number of thioether (sulfide) groups is 1. The molecule has 0 spiro atoms. The Balaban J connectivity index is 2.45. The van der Waals surface area contributed by atoms with Crippen LogP contribution >= 0.6 is 11.8 Å².